The van der Waals surface area contributed by atoms with Crippen LogP contribution in [0.15, 0.2) is 91.0 Å². The molecule has 0 heterocycles. The number of carbonyl (C=O) groups is 1. The van der Waals surface area contributed by atoms with Gasteiger partial charge >= 0.3 is 5.97 Å². The van der Waals surface area contributed by atoms with Crippen LogP contribution in [0.2, 0.25) is 0 Å². The first-order valence-electron chi connectivity index (χ1n) is 10.3. The number of rotatable bonds is 8. The predicted octanol–water partition coefficient (Wildman–Crippen LogP) is 5.65. The molecule has 0 radical (unpaired) electrons. The SMILES string of the molecule is O=C(O)c1ccc(CCCc2ccccc2N(c2cccc3ccccc23)S(=O)[O-])cc1. The van der Waals surface area contributed by atoms with Crippen LogP contribution in [0.4, 0.5) is 11.4 Å². The molecule has 0 saturated heterocycles. The van der Waals surface area contributed by atoms with Crippen molar-refractivity contribution in [2.75, 3.05) is 4.31 Å². The van der Waals surface area contributed by atoms with E-state index in [0.29, 0.717) is 17.8 Å². The normalized spacial score (nSPS) is 11.9. The average Bonchev–Trinajstić information content (AvgIpc) is 2.80. The molecule has 1 N–H and O–H groups in total. The molecule has 1 atom stereocenters. The molecule has 0 aliphatic carbocycles. The van der Waals surface area contributed by atoms with Gasteiger partial charge in [-0.3, -0.25) is 8.51 Å². The second-order valence-corrected chi connectivity index (χ2v) is 8.29. The Balaban J connectivity index is 1.59. The second-order valence-electron chi connectivity index (χ2n) is 7.49. The Morgan fingerprint density at radius 3 is 2.22 bits per heavy atom. The number of aromatic carboxylic acids is 1. The number of anilines is 2. The molecule has 32 heavy (non-hydrogen) atoms. The first-order chi connectivity index (χ1) is 15.5. The van der Waals surface area contributed by atoms with Gasteiger partial charge in [-0.2, -0.15) is 0 Å². The van der Waals surface area contributed by atoms with Crippen LogP contribution in [0.3, 0.4) is 0 Å². The highest BCUT2D eigenvalue weighted by Gasteiger charge is 2.16. The maximum atomic E-state index is 12.4. The molecule has 6 heteroatoms. The van der Waals surface area contributed by atoms with Gasteiger partial charge in [-0.1, -0.05) is 66.7 Å². The summed E-state index contributed by atoms with van der Waals surface area (Å²) in [6.07, 6.45) is 2.26. The molecule has 0 fully saturated rings. The molecule has 0 spiro atoms. The van der Waals surface area contributed by atoms with E-state index in [2.05, 4.69) is 0 Å². The van der Waals surface area contributed by atoms with Crippen LogP contribution in [0.1, 0.15) is 27.9 Å². The lowest BCUT2D eigenvalue weighted by Gasteiger charge is -2.29. The van der Waals surface area contributed by atoms with Gasteiger partial charge in [-0.25, -0.2) is 4.79 Å². The molecule has 0 aliphatic heterocycles. The number of carboxylic acid groups (broad SMARTS) is 1. The van der Waals surface area contributed by atoms with Crippen LogP contribution >= 0.6 is 0 Å². The zero-order chi connectivity index (χ0) is 22.5. The molecule has 5 nitrogen and oxygen atoms in total. The number of nitrogens with zero attached hydrogens (tertiary/aromatic N) is 1. The van der Waals surface area contributed by atoms with Gasteiger partial charge in [0.2, 0.25) is 0 Å². The third-order valence-corrected chi connectivity index (χ3v) is 6.15. The zero-order valence-electron chi connectivity index (χ0n) is 17.3. The molecule has 4 rings (SSSR count). The highest BCUT2D eigenvalue weighted by molar-refractivity contribution is 7.81. The molecule has 1 unspecified atom stereocenters. The maximum Gasteiger partial charge on any atom is 0.335 e. The Labute approximate surface area is 189 Å². The quantitative estimate of drug-likeness (QED) is 0.356. The number of para-hydroxylation sites is 1. The summed E-state index contributed by atoms with van der Waals surface area (Å²) >= 11 is -2.49. The van der Waals surface area contributed by atoms with Crippen molar-refractivity contribution >= 4 is 39.4 Å². The van der Waals surface area contributed by atoms with Crippen molar-refractivity contribution in [3.63, 3.8) is 0 Å². The van der Waals surface area contributed by atoms with Gasteiger partial charge in [0, 0.05) is 5.39 Å². The van der Waals surface area contributed by atoms with E-state index >= 15 is 0 Å². The molecule has 0 amide bonds. The molecule has 0 aliphatic rings. The number of carboxylic acids is 1. The smallest absolute Gasteiger partial charge is 0.335 e. The average molecular weight is 445 g/mol. The summed E-state index contributed by atoms with van der Waals surface area (Å²) in [5, 5.41) is 10.9. The summed E-state index contributed by atoms with van der Waals surface area (Å²) in [5.74, 6) is -0.940. The summed E-state index contributed by atoms with van der Waals surface area (Å²) in [5.41, 5.74) is 3.51. The zero-order valence-corrected chi connectivity index (χ0v) is 18.1. The van der Waals surface area contributed by atoms with Crippen molar-refractivity contribution in [2.24, 2.45) is 0 Å². The number of hydrogen-bond donors (Lipinski definition) is 1. The van der Waals surface area contributed by atoms with Crippen LogP contribution in [0.5, 0.6) is 0 Å². The molecule has 0 aromatic heterocycles. The lowest BCUT2D eigenvalue weighted by atomic mass is 10.0. The Kier molecular flexibility index (Phi) is 6.63. The topological polar surface area (TPSA) is 80.7 Å². The van der Waals surface area contributed by atoms with Gasteiger partial charge < -0.3 is 9.66 Å². The van der Waals surface area contributed by atoms with Gasteiger partial charge in [0.1, 0.15) is 0 Å². The second kappa shape index (κ2) is 9.77. The fraction of sp³-hybridized carbons (Fsp3) is 0.115. The Bertz CT molecular complexity index is 1270. The summed E-state index contributed by atoms with van der Waals surface area (Å²) in [6, 6.07) is 27.8. The van der Waals surface area contributed by atoms with E-state index in [1.807, 2.05) is 78.9 Å². The van der Waals surface area contributed by atoms with Crippen molar-refractivity contribution < 1.29 is 18.7 Å². The monoisotopic (exact) mass is 444 g/mol. The van der Waals surface area contributed by atoms with E-state index in [1.54, 1.807) is 12.1 Å². The molecular formula is C26H22NO4S-. The Morgan fingerprint density at radius 1 is 0.812 bits per heavy atom. The van der Waals surface area contributed by atoms with E-state index in [0.717, 1.165) is 34.7 Å². The van der Waals surface area contributed by atoms with Crippen LogP contribution in [0.25, 0.3) is 10.8 Å². The van der Waals surface area contributed by atoms with Crippen molar-refractivity contribution in [1.82, 2.24) is 0 Å². The third kappa shape index (κ3) is 4.72. The van der Waals surface area contributed by atoms with Crippen molar-refractivity contribution in [2.45, 2.75) is 19.3 Å². The fourth-order valence-corrected chi connectivity index (χ4v) is 4.55. The summed E-state index contributed by atoms with van der Waals surface area (Å²) in [6.45, 7) is 0. The van der Waals surface area contributed by atoms with Gasteiger partial charge in [0.05, 0.1) is 28.2 Å². The van der Waals surface area contributed by atoms with Crippen LogP contribution in [-0.2, 0) is 24.1 Å². The van der Waals surface area contributed by atoms with Crippen molar-refractivity contribution in [3.8, 4) is 0 Å². The molecule has 0 saturated carbocycles. The predicted molar refractivity (Wildman–Crippen MR) is 127 cm³/mol. The highest BCUT2D eigenvalue weighted by Crippen LogP contribution is 2.35. The molecule has 4 aromatic carbocycles. The van der Waals surface area contributed by atoms with E-state index < -0.39 is 17.2 Å². The summed E-state index contributed by atoms with van der Waals surface area (Å²) in [7, 11) is 0. The van der Waals surface area contributed by atoms with Gasteiger partial charge in [0.15, 0.2) is 0 Å². The van der Waals surface area contributed by atoms with Gasteiger partial charge in [0.25, 0.3) is 0 Å². The lowest BCUT2D eigenvalue weighted by molar-refractivity contribution is 0.0697. The first-order valence-corrected chi connectivity index (χ1v) is 11.3. The fourth-order valence-electron chi connectivity index (χ4n) is 3.89. The van der Waals surface area contributed by atoms with E-state index in [-0.39, 0.29) is 5.56 Å². The van der Waals surface area contributed by atoms with E-state index in [4.69, 9.17) is 5.11 Å². The molecule has 0 bridgehead atoms. The minimum atomic E-state index is -2.49. The minimum Gasteiger partial charge on any atom is -0.755 e. The molecular weight excluding hydrogens is 422 g/mol. The first kappa shape index (κ1) is 21.7. The molecule has 4 aromatic rings. The van der Waals surface area contributed by atoms with E-state index in [9.17, 15) is 13.6 Å². The number of benzene rings is 4. The van der Waals surface area contributed by atoms with E-state index in [1.165, 1.54) is 4.31 Å². The third-order valence-electron chi connectivity index (χ3n) is 5.46. The Morgan fingerprint density at radius 2 is 1.47 bits per heavy atom. The number of fused-ring (bicyclic) bond motifs is 1. The van der Waals surface area contributed by atoms with Crippen molar-refractivity contribution in [3.05, 3.63) is 108 Å². The standard InChI is InChI=1S/C26H23NO4S/c28-26(29)22-17-15-19(16-18-22)7-5-11-21-9-2-4-13-24(21)27(32(30)31)25-14-6-10-20-8-1-3-12-23(20)25/h1-4,6,8-10,12-18H,5,7,11H2,(H,28,29)(H,30,31)/p-1. The van der Waals surface area contributed by atoms with Crippen LogP contribution in [-0.4, -0.2) is 19.8 Å². The lowest BCUT2D eigenvalue weighted by Crippen LogP contribution is -2.21. The number of aryl methyl sites for hydroxylation is 2. The van der Waals surface area contributed by atoms with Crippen molar-refractivity contribution in [1.29, 1.82) is 0 Å². The van der Waals surface area contributed by atoms with Crippen LogP contribution < -0.4 is 4.31 Å². The number of hydrogen-bond acceptors (Lipinski definition) is 3. The maximum absolute atomic E-state index is 12.4. The summed E-state index contributed by atoms with van der Waals surface area (Å²) in [4.78, 5) is 11.0. The van der Waals surface area contributed by atoms with Gasteiger partial charge in [-0.05, 0) is 60.0 Å². The largest absolute Gasteiger partial charge is 0.755 e. The minimum absolute atomic E-state index is 0.266. The van der Waals surface area contributed by atoms with Crippen LogP contribution in [0, 0.1) is 0 Å². The highest BCUT2D eigenvalue weighted by atomic mass is 32.2. The van der Waals surface area contributed by atoms with Gasteiger partial charge in [-0.15, -0.1) is 0 Å². The Hall–Kier alpha value is -3.48. The molecule has 162 valence electrons. The summed E-state index contributed by atoms with van der Waals surface area (Å²) < 4.78 is 26.1.